The first-order valence-electron chi connectivity index (χ1n) is 6.79. The molecule has 20 heavy (non-hydrogen) atoms. The fourth-order valence-electron chi connectivity index (χ4n) is 2.44. The number of piperazine rings is 1. The largest absolute Gasteiger partial charge is 0.438 e. The van der Waals surface area contributed by atoms with E-state index in [2.05, 4.69) is 39.2 Å². The van der Waals surface area contributed by atoms with Crippen LogP contribution in [-0.2, 0) is 5.54 Å². The normalized spacial score (nSPS) is 17.6. The Balaban J connectivity index is 1.87. The third kappa shape index (κ3) is 2.23. The van der Waals surface area contributed by atoms with Crippen LogP contribution in [0.3, 0.4) is 0 Å². The van der Waals surface area contributed by atoms with Gasteiger partial charge in [0.25, 0.3) is 5.89 Å². The lowest BCUT2D eigenvalue weighted by atomic mass is 10.0. The molecule has 0 aromatic carbocycles. The molecule has 1 N–H and O–H groups in total. The molecule has 2 aromatic heterocycles. The quantitative estimate of drug-likeness (QED) is 0.902. The average Bonchev–Trinajstić information content (AvgIpc) is 3.08. The van der Waals surface area contributed by atoms with Crippen molar-refractivity contribution >= 4 is 0 Å². The van der Waals surface area contributed by atoms with Crippen molar-refractivity contribution in [2.45, 2.75) is 26.3 Å². The Morgan fingerprint density at radius 3 is 2.70 bits per heavy atom. The van der Waals surface area contributed by atoms with Crippen LogP contribution >= 0.6 is 0 Å². The molecule has 0 saturated carbocycles. The molecule has 0 radical (unpaired) electrons. The van der Waals surface area contributed by atoms with Crippen molar-refractivity contribution in [3.8, 4) is 11.7 Å². The molecule has 7 nitrogen and oxygen atoms in total. The lowest BCUT2D eigenvalue weighted by Gasteiger charge is -2.38. The summed E-state index contributed by atoms with van der Waals surface area (Å²) in [7, 11) is 0. The molecule has 3 rings (SSSR count). The van der Waals surface area contributed by atoms with E-state index in [1.54, 1.807) is 0 Å². The molecular weight excluding hydrogens is 258 g/mol. The highest BCUT2D eigenvalue weighted by Crippen LogP contribution is 2.28. The standard InChI is InChI=1S/C13H19N5O2/c1-9-10(19-8-15-9)11-16-12(17-20-11)13(2,3)18-6-4-14-5-7-18/h8,14H,4-7H2,1-3H3. The summed E-state index contributed by atoms with van der Waals surface area (Å²) in [6.07, 6.45) is 1.38. The van der Waals surface area contributed by atoms with E-state index in [4.69, 9.17) is 8.94 Å². The molecule has 3 heterocycles. The van der Waals surface area contributed by atoms with Crippen molar-refractivity contribution in [1.29, 1.82) is 0 Å². The zero-order valence-corrected chi connectivity index (χ0v) is 12.0. The highest BCUT2D eigenvalue weighted by molar-refractivity contribution is 5.46. The van der Waals surface area contributed by atoms with E-state index >= 15 is 0 Å². The first-order chi connectivity index (χ1) is 9.59. The molecule has 7 heteroatoms. The van der Waals surface area contributed by atoms with Gasteiger partial charge in [0.15, 0.2) is 12.2 Å². The van der Waals surface area contributed by atoms with Crippen LogP contribution in [0.15, 0.2) is 15.3 Å². The Kier molecular flexibility index (Phi) is 3.31. The van der Waals surface area contributed by atoms with Crippen LogP contribution in [-0.4, -0.2) is 46.2 Å². The van der Waals surface area contributed by atoms with Gasteiger partial charge >= 0.3 is 0 Å². The summed E-state index contributed by atoms with van der Waals surface area (Å²) in [5.74, 6) is 1.60. The third-order valence-electron chi connectivity index (χ3n) is 3.82. The maximum absolute atomic E-state index is 5.33. The Morgan fingerprint density at radius 2 is 2.05 bits per heavy atom. The highest BCUT2D eigenvalue weighted by atomic mass is 16.5. The molecule has 0 unspecified atom stereocenters. The second kappa shape index (κ2) is 4.99. The van der Waals surface area contributed by atoms with Gasteiger partial charge in [-0.2, -0.15) is 4.98 Å². The number of hydrogen-bond donors (Lipinski definition) is 1. The zero-order chi connectivity index (χ0) is 14.2. The molecule has 1 saturated heterocycles. The monoisotopic (exact) mass is 277 g/mol. The molecule has 2 aromatic rings. The number of nitrogens with zero attached hydrogens (tertiary/aromatic N) is 4. The van der Waals surface area contributed by atoms with Gasteiger partial charge in [0.2, 0.25) is 5.76 Å². The predicted octanol–water partition coefficient (Wildman–Crippen LogP) is 1.17. The second-order valence-electron chi connectivity index (χ2n) is 5.49. The van der Waals surface area contributed by atoms with Crippen molar-refractivity contribution in [2.24, 2.45) is 0 Å². The van der Waals surface area contributed by atoms with E-state index in [-0.39, 0.29) is 5.54 Å². The molecule has 108 valence electrons. The third-order valence-corrected chi connectivity index (χ3v) is 3.82. The van der Waals surface area contributed by atoms with Gasteiger partial charge in [-0.1, -0.05) is 5.16 Å². The van der Waals surface area contributed by atoms with Crippen LogP contribution in [0.4, 0.5) is 0 Å². The number of nitrogens with one attached hydrogen (secondary N) is 1. The summed E-state index contributed by atoms with van der Waals surface area (Å²) in [6, 6.07) is 0. The number of rotatable bonds is 3. The van der Waals surface area contributed by atoms with Crippen molar-refractivity contribution in [1.82, 2.24) is 25.3 Å². The summed E-state index contributed by atoms with van der Waals surface area (Å²) >= 11 is 0. The highest BCUT2D eigenvalue weighted by Gasteiger charge is 2.34. The Hall–Kier alpha value is -1.73. The van der Waals surface area contributed by atoms with Crippen LogP contribution in [0.1, 0.15) is 25.4 Å². The fourth-order valence-corrected chi connectivity index (χ4v) is 2.44. The maximum atomic E-state index is 5.33. The topological polar surface area (TPSA) is 80.2 Å². The Bertz CT molecular complexity index is 583. The summed E-state index contributed by atoms with van der Waals surface area (Å²) in [6.45, 7) is 9.98. The number of aromatic nitrogens is 3. The van der Waals surface area contributed by atoms with Gasteiger partial charge in [-0.25, -0.2) is 4.98 Å². The van der Waals surface area contributed by atoms with Gasteiger partial charge in [0.05, 0.1) is 11.2 Å². The van der Waals surface area contributed by atoms with Crippen LogP contribution in [0.25, 0.3) is 11.7 Å². The molecule has 1 aliphatic heterocycles. The van der Waals surface area contributed by atoms with E-state index in [0.29, 0.717) is 17.5 Å². The Morgan fingerprint density at radius 1 is 1.30 bits per heavy atom. The van der Waals surface area contributed by atoms with Crippen LogP contribution < -0.4 is 5.32 Å². The van der Waals surface area contributed by atoms with Crippen molar-refractivity contribution in [3.05, 3.63) is 17.9 Å². The van der Waals surface area contributed by atoms with E-state index < -0.39 is 0 Å². The van der Waals surface area contributed by atoms with Gasteiger partial charge in [0, 0.05) is 26.2 Å². The van der Waals surface area contributed by atoms with Gasteiger partial charge in [0.1, 0.15) is 0 Å². The second-order valence-corrected chi connectivity index (χ2v) is 5.49. The summed E-state index contributed by atoms with van der Waals surface area (Å²) in [5.41, 5.74) is 0.484. The minimum atomic E-state index is -0.266. The predicted molar refractivity (Wildman–Crippen MR) is 72.0 cm³/mol. The van der Waals surface area contributed by atoms with Gasteiger partial charge < -0.3 is 14.3 Å². The molecule has 0 amide bonds. The number of aryl methyl sites for hydroxylation is 1. The van der Waals surface area contributed by atoms with Crippen LogP contribution in [0, 0.1) is 6.92 Å². The molecule has 0 aliphatic carbocycles. The molecule has 1 fully saturated rings. The molecular formula is C13H19N5O2. The average molecular weight is 277 g/mol. The maximum Gasteiger partial charge on any atom is 0.295 e. The minimum Gasteiger partial charge on any atom is -0.438 e. The fraction of sp³-hybridized carbons (Fsp3) is 0.615. The smallest absolute Gasteiger partial charge is 0.295 e. The lowest BCUT2D eigenvalue weighted by Crippen LogP contribution is -2.52. The van der Waals surface area contributed by atoms with Gasteiger partial charge in [-0.05, 0) is 20.8 Å². The van der Waals surface area contributed by atoms with Crippen molar-refractivity contribution in [2.75, 3.05) is 26.2 Å². The van der Waals surface area contributed by atoms with E-state index in [9.17, 15) is 0 Å². The first-order valence-corrected chi connectivity index (χ1v) is 6.79. The van der Waals surface area contributed by atoms with Gasteiger partial charge in [-0.15, -0.1) is 0 Å². The summed E-state index contributed by atoms with van der Waals surface area (Å²) < 4.78 is 10.6. The van der Waals surface area contributed by atoms with Crippen LogP contribution in [0.5, 0.6) is 0 Å². The minimum absolute atomic E-state index is 0.266. The van der Waals surface area contributed by atoms with E-state index in [1.165, 1.54) is 6.39 Å². The molecule has 0 bridgehead atoms. The zero-order valence-electron chi connectivity index (χ0n) is 12.0. The summed E-state index contributed by atoms with van der Waals surface area (Å²) in [5, 5.41) is 7.47. The van der Waals surface area contributed by atoms with Crippen LogP contribution in [0.2, 0.25) is 0 Å². The molecule has 1 aliphatic rings. The van der Waals surface area contributed by atoms with E-state index in [0.717, 1.165) is 31.9 Å². The van der Waals surface area contributed by atoms with E-state index in [1.807, 2.05) is 6.92 Å². The first kappa shape index (κ1) is 13.3. The molecule has 0 spiro atoms. The van der Waals surface area contributed by atoms with Crippen molar-refractivity contribution < 1.29 is 8.94 Å². The van der Waals surface area contributed by atoms with Gasteiger partial charge in [-0.3, -0.25) is 4.90 Å². The number of oxazole rings is 1. The number of hydrogen-bond acceptors (Lipinski definition) is 7. The SMILES string of the molecule is Cc1ncoc1-c1nc(C(C)(C)N2CCNCC2)no1. The van der Waals surface area contributed by atoms with Crippen molar-refractivity contribution in [3.63, 3.8) is 0 Å². The lowest BCUT2D eigenvalue weighted by molar-refractivity contribution is 0.0924. The Labute approximate surface area is 117 Å². The molecule has 0 atom stereocenters. The summed E-state index contributed by atoms with van der Waals surface area (Å²) in [4.78, 5) is 10.9.